The van der Waals surface area contributed by atoms with Crippen LogP contribution in [0, 0.1) is 6.92 Å². The number of amides is 2. The third-order valence-electron chi connectivity index (χ3n) is 3.27. The Bertz CT molecular complexity index is 807. The molecule has 2 N–H and O–H groups in total. The molecule has 0 aliphatic rings. The normalized spacial score (nSPS) is 10.2. The maximum absolute atomic E-state index is 12.5. The van der Waals surface area contributed by atoms with Crippen LogP contribution in [0.5, 0.6) is 5.75 Å². The highest BCUT2D eigenvalue weighted by Crippen LogP contribution is 2.31. The number of nitrogens with one attached hydrogen (secondary N) is 2. The second kappa shape index (κ2) is 7.55. The van der Waals surface area contributed by atoms with Gasteiger partial charge in [-0.3, -0.25) is 9.59 Å². The minimum atomic E-state index is -0.400. The van der Waals surface area contributed by atoms with Gasteiger partial charge in [0.1, 0.15) is 5.75 Å². The minimum absolute atomic E-state index is 0.234. The van der Waals surface area contributed by atoms with Crippen molar-refractivity contribution in [3.63, 3.8) is 0 Å². The number of rotatable bonds is 4. The molecule has 0 atom stereocenters. The predicted molar refractivity (Wildman–Crippen MR) is 96.4 cm³/mol. The van der Waals surface area contributed by atoms with Gasteiger partial charge in [0, 0.05) is 23.7 Å². The van der Waals surface area contributed by atoms with Crippen molar-refractivity contribution in [3.05, 3.63) is 51.5 Å². The van der Waals surface area contributed by atoms with Gasteiger partial charge in [0.2, 0.25) is 5.91 Å². The largest absolute Gasteiger partial charge is 0.496 e. The number of methoxy groups -OCH3 is 1. The lowest BCUT2D eigenvalue weighted by atomic mass is 10.1. The first kappa shape index (κ1) is 18.1. The van der Waals surface area contributed by atoms with Crippen LogP contribution in [0.15, 0.2) is 30.3 Å². The summed E-state index contributed by atoms with van der Waals surface area (Å²) < 4.78 is 5.23. The molecular weight excluding hydrogens is 351 g/mol. The fourth-order valence-electron chi connectivity index (χ4n) is 2.05. The van der Waals surface area contributed by atoms with Gasteiger partial charge in [-0.2, -0.15) is 0 Å². The molecule has 0 saturated carbocycles. The molecule has 2 aromatic rings. The van der Waals surface area contributed by atoms with Crippen LogP contribution in [0.1, 0.15) is 22.8 Å². The monoisotopic (exact) mass is 366 g/mol. The van der Waals surface area contributed by atoms with Crippen LogP contribution in [0.2, 0.25) is 10.0 Å². The molecule has 7 heteroatoms. The molecule has 0 heterocycles. The van der Waals surface area contributed by atoms with Crippen LogP contribution < -0.4 is 15.4 Å². The number of carbonyl (C=O) groups is 2. The zero-order valence-corrected chi connectivity index (χ0v) is 14.9. The van der Waals surface area contributed by atoms with E-state index in [4.69, 9.17) is 27.9 Å². The second-order valence-electron chi connectivity index (χ2n) is 5.13. The van der Waals surface area contributed by atoms with E-state index in [0.717, 1.165) is 5.56 Å². The lowest BCUT2D eigenvalue weighted by Crippen LogP contribution is -2.14. The molecule has 0 fully saturated rings. The number of hydrogen-bond donors (Lipinski definition) is 2. The van der Waals surface area contributed by atoms with Crippen LogP contribution in [0.4, 0.5) is 11.4 Å². The molecule has 2 amide bonds. The van der Waals surface area contributed by atoms with Gasteiger partial charge in [-0.25, -0.2) is 0 Å². The molecule has 24 heavy (non-hydrogen) atoms. The van der Waals surface area contributed by atoms with E-state index in [0.29, 0.717) is 22.1 Å². The van der Waals surface area contributed by atoms with Crippen molar-refractivity contribution in [2.75, 3.05) is 17.7 Å². The Balaban J connectivity index is 2.32. The van der Waals surface area contributed by atoms with E-state index >= 15 is 0 Å². The Kier molecular flexibility index (Phi) is 5.70. The number of hydrogen-bond acceptors (Lipinski definition) is 3. The number of benzene rings is 2. The standard InChI is InChI=1S/C17H16Cl2N2O3/c1-9-4-5-11(6-13(9)18)21-17(23)12-7-14(19)15(20-10(2)22)8-16(12)24-3/h4-8H,1-3H3,(H,20,22)(H,21,23). The average molecular weight is 367 g/mol. The van der Waals surface area contributed by atoms with Crippen molar-refractivity contribution in [1.82, 2.24) is 0 Å². The highest BCUT2D eigenvalue weighted by molar-refractivity contribution is 6.34. The van der Waals surface area contributed by atoms with E-state index in [1.54, 1.807) is 12.1 Å². The summed E-state index contributed by atoms with van der Waals surface area (Å²) in [6.45, 7) is 3.24. The predicted octanol–water partition coefficient (Wildman–Crippen LogP) is 4.52. The van der Waals surface area contributed by atoms with Crippen LogP contribution in [0.25, 0.3) is 0 Å². The number of halogens is 2. The zero-order chi connectivity index (χ0) is 17.9. The van der Waals surface area contributed by atoms with Crippen LogP contribution in [0.3, 0.4) is 0 Å². The van der Waals surface area contributed by atoms with Crippen molar-refractivity contribution >= 4 is 46.4 Å². The number of anilines is 2. The summed E-state index contributed by atoms with van der Waals surface area (Å²) in [4.78, 5) is 23.7. The second-order valence-corrected chi connectivity index (χ2v) is 5.95. The molecule has 0 aromatic heterocycles. The van der Waals surface area contributed by atoms with E-state index in [1.165, 1.54) is 26.2 Å². The average Bonchev–Trinajstić information content (AvgIpc) is 2.52. The van der Waals surface area contributed by atoms with Crippen molar-refractivity contribution < 1.29 is 14.3 Å². The van der Waals surface area contributed by atoms with E-state index in [-0.39, 0.29) is 16.5 Å². The van der Waals surface area contributed by atoms with Crippen molar-refractivity contribution in [2.24, 2.45) is 0 Å². The molecule has 0 bridgehead atoms. The van der Waals surface area contributed by atoms with Crippen LogP contribution in [-0.2, 0) is 4.79 Å². The van der Waals surface area contributed by atoms with E-state index in [1.807, 2.05) is 13.0 Å². The molecule has 0 aliphatic heterocycles. The molecule has 5 nitrogen and oxygen atoms in total. The maximum Gasteiger partial charge on any atom is 0.259 e. The molecule has 0 aliphatic carbocycles. The van der Waals surface area contributed by atoms with Crippen molar-refractivity contribution in [1.29, 1.82) is 0 Å². The number of ether oxygens (including phenoxy) is 1. The van der Waals surface area contributed by atoms with Gasteiger partial charge in [-0.1, -0.05) is 29.3 Å². The number of carbonyl (C=O) groups excluding carboxylic acids is 2. The highest BCUT2D eigenvalue weighted by atomic mass is 35.5. The lowest BCUT2D eigenvalue weighted by Gasteiger charge is -2.13. The Hall–Kier alpha value is -2.24. The van der Waals surface area contributed by atoms with Crippen LogP contribution >= 0.6 is 23.2 Å². The molecule has 2 aromatic carbocycles. The van der Waals surface area contributed by atoms with Crippen molar-refractivity contribution in [3.8, 4) is 5.75 Å². The van der Waals surface area contributed by atoms with Gasteiger partial charge in [-0.15, -0.1) is 0 Å². The zero-order valence-electron chi connectivity index (χ0n) is 13.4. The molecule has 0 saturated heterocycles. The smallest absolute Gasteiger partial charge is 0.259 e. The molecule has 126 valence electrons. The SMILES string of the molecule is COc1cc(NC(C)=O)c(Cl)cc1C(=O)Nc1ccc(C)c(Cl)c1. The molecular formula is C17H16Cl2N2O3. The van der Waals surface area contributed by atoms with Crippen molar-refractivity contribution in [2.45, 2.75) is 13.8 Å². The molecule has 0 unspecified atom stereocenters. The summed E-state index contributed by atoms with van der Waals surface area (Å²) >= 11 is 12.2. The Morgan fingerprint density at radius 3 is 2.33 bits per heavy atom. The first-order valence-electron chi connectivity index (χ1n) is 7.04. The van der Waals surface area contributed by atoms with Gasteiger partial charge >= 0.3 is 0 Å². The minimum Gasteiger partial charge on any atom is -0.496 e. The topological polar surface area (TPSA) is 67.4 Å². The first-order chi connectivity index (χ1) is 11.3. The summed E-state index contributed by atoms with van der Waals surface area (Å²) in [7, 11) is 1.43. The van der Waals surface area contributed by atoms with E-state index < -0.39 is 5.91 Å². The fraction of sp³-hybridized carbons (Fsp3) is 0.176. The van der Waals surface area contributed by atoms with Gasteiger partial charge in [0.05, 0.1) is 23.4 Å². The Labute approximate surface area is 149 Å². The van der Waals surface area contributed by atoms with Gasteiger partial charge < -0.3 is 15.4 Å². The fourth-order valence-corrected chi connectivity index (χ4v) is 2.45. The third kappa shape index (κ3) is 4.19. The highest BCUT2D eigenvalue weighted by Gasteiger charge is 2.17. The lowest BCUT2D eigenvalue weighted by molar-refractivity contribution is -0.114. The summed E-state index contributed by atoms with van der Waals surface area (Å²) in [6.07, 6.45) is 0. The summed E-state index contributed by atoms with van der Waals surface area (Å²) in [5.74, 6) is -0.382. The van der Waals surface area contributed by atoms with Gasteiger partial charge in [-0.05, 0) is 30.7 Å². The number of aryl methyl sites for hydroxylation is 1. The van der Waals surface area contributed by atoms with Gasteiger partial charge in [0.15, 0.2) is 0 Å². The summed E-state index contributed by atoms with van der Waals surface area (Å²) in [5, 5.41) is 6.11. The quantitative estimate of drug-likeness (QED) is 0.835. The summed E-state index contributed by atoms with van der Waals surface area (Å²) in [6, 6.07) is 8.16. The van der Waals surface area contributed by atoms with E-state index in [9.17, 15) is 9.59 Å². The van der Waals surface area contributed by atoms with Gasteiger partial charge in [0.25, 0.3) is 5.91 Å². The third-order valence-corrected chi connectivity index (χ3v) is 3.99. The maximum atomic E-state index is 12.5. The Morgan fingerprint density at radius 2 is 1.75 bits per heavy atom. The Morgan fingerprint density at radius 1 is 1.04 bits per heavy atom. The first-order valence-corrected chi connectivity index (χ1v) is 7.80. The van der Waals surface area contributed by atoms with Crippen LogP contribution in [-0.4, -0.2) is 18.9 Å². The summed E-state index contributed by atoms with van der Waals surface area (Å²) in [5.41, 5.74) is 2.08. The molecule has 2 rings (SSSR count). The molecule has 0 spiro atoms. The van der Waals surface area contributed by atoms with E-state index in [2.05, 4.69) is 10.6 Å². The molecule has 0 radical (unpaired) electrons.